The van der Waals surface area contributed by atoms with Gasteiger partial charge in [-0.1, -0.05) is 11.6 Å². The molecular weight excluding hydrogens is 252 g/mol. The Morgan fingerprint density at radius 1 is 1.50 bits per heavy atom. The molecule has 1 saturated carbocycles. The summed E-state index contributed by atoms with van der Waals surface area (Å²) in [7, 11) is 0. The smallest absolute Gasteiger partial charge is 0.255 e. The van der Waals surface area contributed by atoms with E-state index in [4.69, 9.17) is 16.3 Å². The summed E-state index contributed by atoms with van der Waals surface area (Å²) in [6, 6.07) is 1.37. The van der Waals surface area contributed by atoms with Crippen LogP contribution in [-0.2, 0) is 11.3 Å². The fraction of sp³-hybridized carbons (Fsp3) is 0.692. The molecule has 0 aliphatic heterocycles. The van der Waals surface area contributed by atoms with E-state index in [0.29, 0.717) is 19.1 Å². The molecule has 2 rings (SSSR count). The lowest BCUT2D eigenvalue weighted by atomic mass is 10.2. The number of hydrogen-bond donors (Lipinski definition) is 0. The van der Waals surface area contributed by atoms with E-state index in [2.05, 4.69) is 4.98 Å². The van der Waals surface area contributed by atoms with Crippen LogP contribution in [0, 0.1) is 0 Å². The van der Waals surface area contributed by atoms with E-state index < -0.39 is 0 Å². The van der Waals surface area contributed by atoms with Crippen LogP contribution in [0.1, 0.15) is 45.4 Å². The average Bonchev–Trinajstić information content (AvgIpc) is 3.02. The molecule has 0 aromatic carbocycles. The van der Waals surface area contributed by atoms with Gasteiger partial charge in [0.1, 0.15) is 11.0 Å². The molecule has 1 aromatic rings. The van der Waals surface area contributed by atoms with Gasteiger partial charge in [0.05, 0.1) is 18.8 Å². The van der Waals surface area contributed by atoms with E-state index in [1.807, 2.05) is 20.8 Å². The number of halogens is 1. The number of ether oxygens (including phenoxy) is 1. The third-order valence-electron chi connectivity index (χ3n) is 2.80. The highest BCUT2D eigenvalue weighted by Gasteiger charge is 2.29. The maximum absolute atomic E-state index is 11.9. The Bertz CT molecular complexity index is 487. The molecule has 18 heavy (non-hydrogen) atoms. The van der Waals surface area contributed by atoms with Crippen LogP contribution in [0.5, 0.6) is 0 Å². The fourth-order valence-electron chi connectivity index (χ4n) is 1.82. The van der Waals surface area contributed by atoms with Gasteiger partial charge < -0.3 is 4.74 Å². The third-order valence-corrected chi connectivity index (χ3v) is 2.99. The Balaban J connectivity index is 2.14. The first kappa shape index (κ1) is 13.6. The standard InChI is InChI=1S/C13H19ClN2O2/c1-13(2,3)18-7-6-16-11(17)8-10(14)15-12(16)9-4-5-9/h8-9H,4-7H2,1-3H3. The van der Waals surface area contributed by atoms with Crippen LogP contribution in [0.25, 0.3) is 0 Å². The van der Waals surface area contributed by atoms with E-state index in [1.165, 1.54) is 6.07 Å². The largest absolute Gasteiger partial charge is 0.374 e. The summed E-state index contributed by atoms with van der Waals surface area (Å²) in [6.07, 6.45) is 2.18. The lowest BCUT2D eigenvalue weighted by Crippen LogP contribution is -2.29. The lowest BCUT2D eigenvalue weighted by molar-refractivity contribution is -0.00749. The zero-order valence-corrected chi connectivity index (χ0v) is 11.8. The van der Waals surface area contributed by atoms with Crippen molar-refractivity contribution in [1.29, 1.82) is 0 Å². The predicted molar refractivity (Wildman–Crippen MR) is 71.2 cm³/mol. The molecule has 1 aliphatic rings. The normalized spacial score (nSPS) is 16.0. The van der Waals surface area contributed by atoms with Crippen molar-refractivity contribution >= 4 is 11.6 Å². The molecule has 1 heterocycles. The van der Waals surface area contributed by atoms with Crippen molar-refractivity contribution in [3.05, 3.63) is 27.4 Å². The number of nitrogens with zero attached hydrogens (tertiary/aromatic N) is 2. The van der Waals surface area contributed by atoms with E-state index in [-0.39, 0.29) is 16.3 Å². The highest BCUT2D eigenvalue weighted by atomic mass is 35.5. The SMILES string of the molecule is CC(C)(C)OCCn1c(C2CC2)nc(Cl)cc1=O. The summed E-state index contributed by atoms with van der Waals surface area (Å²) < 4.78 is 7.34. The number of rotatable bonds is 4. The Labute approximate surface area is 112 Å². The first-order chi connectivity index (χ1) is 8.37. The first-order valence-corrected chi connectivity index (χ1v) is 6.66. The highest BCUT2D eigenvalue weighted by Crippen LogP contribution is 2.38. The van der Waals surface area contributed by atoms with Gasteiger partial charge in [0.15, 0.2) is 0 Å². The molecule has 5 heteroatoms. The monoisotopic (exact) mass is 270 g/mol. The zero-order valence-electron chi connectivity index (χ0n) is 11.1. The van der Waals surface area contributed by atoms with Crippen LogP contribution in [0.4, 0.5) is 0 Å². The van der Waals surface area contributed by atoms with Crippen LogP contribution < -0.4 is 5.56 Å². The Morgan fingerprint density at radius 3 is 2.72 bits per heavy atom. The van der Waals surface area contributed by atoms with Gasteiger partial charge in [-0.15, -0.1) is 0 Å². The quantitative estimate of drug-likeness (QED) is 0.790. The average molecular weight is 271 g/mol. The minimum atomic E-state index is -0.191. The molecule has 4 nitrogen and oxygen atoms in total. The highest BCUT2D eigenvalue weighted by molar-refractivity contribution is 6.29. The summed E-state index contributed by atoms with van der Waals surface area (Å²) >= 11 is 5.84. The molecule has 100 valence electrons. The second-order valence-electron chi connectivity index (χ2n) is 5.66. The van der Waals surface area contributed by atoms with Crippen molar-refractivity contribution in [1.82, 2.24) is 9.55 Å². The number of aromatic nitrogens is 2. The van der Waals surface area contributed by atoms with Gasteiger partial charge in [-0.3, -0.25) is 9.36 Å². The summed E-state index contributed by atoms with van der Waals surface area (Å²) in [5, 5.41) is 0.287. The number of hydrogen-bond acceptors (Lipinski definition) is 3. The Kier molecular flexibility index (Phi) is 3.78. The van der Waals surface area contributed by atoms with E-state index >= 15 is 0 Å². The summed E-state index contributed by atoms with van der Waals surface area (Å²) in [5.74, 6) is 1.20. The van der Waals surface area contributed by atoms with E-state index in [0.717, 1.165) is 18.7 Å². The van der Waals surface area contributed by atoms with Crippen molar-refractivity contribution in [3.63, 3.8) is 0 Å². The zero-order chi connectivity index (χ0) is 13.3. The van der Waals surface area contributed by atoms with Gasteiger partial charge in [0.25, 0.3) is 5.56 Å². The van der Waals surface area contributed by atoms with E-state index in [1.54, 1.807) is 4.57 Å². The molecule has 1 aliphatic carbocycles. The predicted octanol–water partition coefficient (Wildman–Crippen LogP) is 2.59. The molecule has 0 atom stereocenters. The topological polar surface area (TPSA) is 44.1 Å². The van der Waals surface area contributed by atoms with Gasteiger partial charge >= 0.3 is 0 Å². The minimum Gasteiger partial charge on any atom is -0.374 e. The lowest BCUT2D eigenvalue weighted by Gasteiger charge is -2.20. The Hall–Kier alpha value is -0.870. The minimum absolute atomic E-state index is 0.0885. The summed E-state index contributed by atoms with van der Waals surface area (Å²) in [6.45, 7) is 7.03. The van der Waals surface area contributed by atoms with Gasteiger partial charge in [0.2, 0.25) is 0 Å². The van der Waals surface area contributed by atoms with Crippen LogP contribution >= 0.6 is 11.6 Å². The van der Waals surface area contributed by atoms with E-state index in [9.17, 15) is 4.79 Å². The maximum Gasteiger partial charge on any atom is 0.255 e. The Morgan fingerprint density at radius 2 is 2.17 bits per heavy atom. The molecular formula is C13H19ClN2O2. The van der Waals surface area contributed by atoms with Gasteiger partial charge in [0, 0.05) is 12.0 Å². The van der Waals surface area contributed by atoms with Crippen molar-refractivity contribution in [2.75, 3.05) is 6.61 Å². The molecule has 0 saturated heterocycles. The van der Waals surface area contributed by atoms with Crippen molar-refractivity contribution in [2.45, 2.75) is 51.7 Å². The third kappa shape index (κ3) is 3.56. The second-order valence-corrected chi connectivity index (χ2v) is 6.05. The summed E-state index contributed by atoms with van der Waals surface area (Å²) in [5.41, 5.74) is -0.280. The molecule has 0 unspecified atom stereocenters. The van der Waals surface area contributed by atoms with Gasteiger partial charge in [-0.05, 0) is 33.6 Å². The van der Waals surface area contributed by atoms with Crippen molar-refractivity contribution < 1.29 is 4.74 Å². The van der Waals surface area contributed by atoms with Crippen molar-refractivity contribution in [3.8, 4) is 0 Å². The van der Waals surface area contributed by atoms with Crippen LogP contribution in [0.15, 0.2) is 10.9 Å². The van der Waals surface area contributed by atoms with Crippen LogP contribution in [0.3, 0.4) is 0 Å². The molecule has 0 amide bonds. The first-order valence-electron chi connectivity index (χ1n) is 6.28. The van der Waals surface area contributed by atoms with Crippen LogP contribution in [-0.4, -0.2) is 21.8 Å². The maximum atomic E-state index is 11.9. The molecule has 1 fully saturated rings. The van der Waals surface area contributed by atoms with Gasteiger partial charge in [-0.2, -0.15) is 0 Å². The van der Waals surface area contributed by atoms with Crippen LogP contribution in [0.2, 0.25) is 5.15 Å². The molecule has 0 radical (unpaired) electrons. The molecule has 0 bridgehead atoms. The van der Waals surface area contributed by atoms with Gasteiger partial charge in [-0.25, -0.2) is 4.98 Å². The second kappa shape index (κ2) is 5.02. The fourth-order valence-corrected chi connectivity index (χ4v) is 2.00. The molecule has 0 spiro atoms. The van der Waals surface area contributed by atoms with Crippen molar-refractivity contribution in [2.24, 2.45) is 0 Å². The summed E-state index contributed by atoms with van der Waals surface area (Å²) in [4.78, 5) is 16.2. The molecule has 0 N–H and O–H groups in total. The molecule has 1 aromatic heterocycles.